The molecule has 5 nitrogen and oxygen atoms in total. The number of fused-ring (bicyclic) bond motifs is 2. The van der Waals surface area contributed by atoms with Gasteiger partial charge in [-0.1, -0.05) is 24.3 Å². The molecule has 0 N–H and O–H groups in total. The molecule has 4 aromatic rings. The minimum Gasteiger partial charge on any atom is -0.364 e. The molecular formula is C21H19N3O2S2. The van der Waals surface area contributed by atoms with Crippen LogP contribution in [0.3, 0.4) is 0 Å². The van der Waals surface area contributed by atoms with Crippen molar-refractivity contribution in [2.75, 3.05) is 13.2 Å². The van der Waals surface area contributed by atoms with Crippen LogP contribution in [0.1, 0.15) is 28.9 Å². The molecule has 0 aliphatic carbocycles. The van der Waals surface area contributed by atoms with Crippen LogP contribution in [0.5, 0.6) is 0 Å². The second-order valence-electron chi connectivity index (χ2n) is 6.83. The summed E-state index contributed by atoms with van der Waals surface area (Å²) in [6.45, 7) is 1.21. The van der Waals surface area contributed by atoms with E-state index in [1.807, 2.05) is 41.3 Å². The summed E-state index contributed by atoms with van der Waals surface area (Å²) in [7, 11) is 0. The van der Waals surface area contributed by atoms with E-state index >= 15 is 0 Å². The van der Waals surface area contributed by atoms with Crippen LogP contribution in [0.25, 0.3) is 20.4 Å². The molecule has 2 aromatic carbocycles. The standard InChI is InChI=1S/C21H19N3O2S2/c25-20(13-26-12-19-22-14-6-1-3-9-17(14)27-19)24-11-5-8-16(24)21-23-15-7-2-4-10-18(15)28-21/h1-4,6-7,9-10,16H,5,8,11-13H2/t16-/m0/s1. The number of carbonyl (C=O) groups excluding carboxylic acids is 1. The number of likely N-dealkylation sites (tertiary alicyclic amines) is 1. The fraction of sp³-hybridized carbons (Fsp3) is 0.286. The van der Waals surface area contributed by atoms with Crippen molar-refractivity contribution in [3.63, 3.8) is 0 Å². The van der Waals surface area contributed by atoms with Crippen molar-refractivity contribution in [1.29, 1.82) is 0 Å². The first-order valence-corrected chi connectivity index (χ1v) is 11.0. The largest absolute Gasteiger partial charge is 0.364 e. The number of ether oxygens (including phenoxy) is 1. The van der Waals surface area contributed by atoms with Crippen LogP contribution in [0.4, 0.5) is 0 Å². The molecule has 1 aliphatic rings. The van der Waals surface area contributed by atoms with E-state index in [1.54, 1.807) is 22.7 Å². The summed E-state index contributed by atoms with van der Waals surface area (Å²) in [5.74, 6) is 0.0304. The summed E-state index contributed by atoms with van der Waals surface area (Å²) in [6, 6.07) is 16.2. The first-order chi connectivity index (χ1) is 13.8. The third-order valence-corrected chi connectivity index (χ3v) is 7.11. The maximum atomic E-state index is 12.8. The highest BCUT2D eigenvalue weighted by atomic mass is 32.1. The molecular weight excluding hydrogens is 390 g/mol. The van der Waals surface area contributed by atoms with Gasteiger partial charge in [0, 0.05) is 6.54 Å². The molecule has 1 aliphatic heterocycles. The number of hydrogen-bond donors (Lipinski definition) is 0. The van der Waals surface area contributed by atoms with Crippen molar-refractivity contribution in [3.8, 4) is 0 Å². The van der Waals surface area contributed by atoms with Crippen LogP contribution in [0.2, 0.25) is 0 Å². The van der Waals surface area contributed by atoms with Gasteiger partial charge in [0.15, 0.2) is 0 Å². The van der Waals surface area contributed by atoms with Crippen molar-refractivity contribution in [2.45, 2.75) is 25.5 Å². The fourth-order valence-corrected chi connectivity index (χ4v) is 5.67. The van der Waals surface area contributed by atoms with Gasteiger partial charge in [0.2, 0.25) is 5.91 Å². The van der Waals surface area contributed by atoms with Crippen LogP contribution in [0, 0.1) is 0 Å². The summed E-state index contributed by atoms with van der Waals surface area (Å²) in [4.78, 5) is 24.0. The van der Waals surface area contributed by atoms with Gasteiger partial charge in [0.1, 0.15) is 16.6 Å². The third kappa shape index (κ3) is 3.41. The van der Waals surface area contributed by atoms with Gasteiger partial charge in [-0.05, 0) is 37.1 Å². The molecule has 0 saturated carbocycles. The number of carbonyl (C=O) groups is 1. The first kappa shape index (κ1) is 17.7. The second kappa shape index (κ2) is 7.58. The number of benzene rings is 2. The van der Waals surface area contributed by atoms with Crippen molar-refractivity contribution < 1.29 is 9.53 Å². The van der Waals surface area contributed by atoms with E-state index in [0.717, 1.165) is 45.1 Å². The van der Waals surface area contributed by atoms with Gasteiger partial charge in [0.25, 0.3) is 0 Å². The smallest absolute Gasteiger partial charge is 0.249 e. The molecule has 7 heteroatoms. The van der Waals surface area contributed by atoms with Crippen LogP contribution in [-0.4, -0.2) is 33.9 Å². The van der Waals surface area contributed by atoms with Crippen molar-refractivity contribution in [2.24, 2.45) is 0 Å². The number of rotatable bonds is 5. The maximum Gasteiger partial charge on any atom is 0.249 e. The quantitative estimate of drug-likeness (QED) is 0.476. The average Bonchev–Trinajstić information content (AvgIpc) is 3.43. The molecule has 1 amide bonds. The summed E-state index contributed by atoms with van der Waals surface area (Å²) in [6.07, 6.45) is 1.97. The fourth-order valence-electron chi connectivity index (χ4n) is 3.64. The summed E-state index contributed by atoms with van der Waals surface area (Å²) in [5.41, 5.74) is 1.99. The Hall–Kier alpha value is -2.35. The van der Waals surface area contributed by atoms with Crippen LogP contribution in [-0.2, 0) is 16.1 Å². The molecule has 0 spiro atoms. The van der Waals surface area contributed by atoms with Crippen LogP contribution in [0.15, 0.2) is 48.5 Å². The van der Waals surface area contributed by atoms with Crippen molar-refractivity contribution in [1.82, 2.24) is 14.9 Å². The highest BCUT2D eigenvalue weighted by Crippen LogP contribution is 2.36. The Kier molecular flexibility index (Phi) is 4.80. The molecule has 0 unspecified atom stereocenters. The predicted octanol–water partition coefficient (Wildman–Crippen LogP) is 4.79. The number of amides is 1. The van der Waals surface area contributed by atoms with E-state index in [1.165, 1.54) is 4.70 Å². The SMILES string of the molecule is O=C(COCc1nc2ccccc2s1)N1CCC[C@H]1c1nc2ccccc2s1. The Morgan fingerprint density at radius 1 is 1.04 bits per heavy atom. The maximum absolute atomic E-state index is 12.8. The highest BCUT2D eigenvalue weighted by molar-refractivity contribution is 7.18. The van der Waals surface area contributed by atoms with Crippen molar-refractivity contribution in [3.05, 3.63) is 58.5 Å². The van der Waals surface area contributed by atoms with E-state index in [-0.39, 0.29) is 18.6 Å². The topological polar surface area (TPSA) is 55.3 Å². The molecule has 1 atom stereocenters. The lowest BCUT2D eigenvalue weighted by Gasteiger charge is -2.22. The van der Waals surface area contributed by atoms with E-state index < -0.39 is 0 Å². The van der Waals surface area contributed by atoms with Gasteiger partial charge in [-0.15, -0.1) is 22.7 Å². The summed E-state index contributed by atoms with van der Waals surface area (Å²) >= 11 is 3.30. The minimum atomic E-state index is 0.0304. The Morgan fingerprint density at radius 2 is 1.75 bits per heavy atom. The molecule has 2 aromatic heterocycles. The van der Waals surface area contributed by atoms with E-state index in [9.17, 15) is 4.79 Å². The lowest BCUT2D eigenvalue weighted by atomic mass is 10.2. The third-order valence-electron chi connectivity index (χ3n) is 4.96. The zero-order valence-electron chi connectivity index (χ0n) is 15.2. The first-order valence-electron chi connectivity index (χ1n) is 9.35. The number of para-hydroxylation sites is 2. The monoisotopic (exact) mass is 409 g/mol. The van der Waals surface area contributed by atoms with Gasteiger partial charge in [-0.25, -0.2) is 9.97 Å². The van der Waals surface area contributed by atoms with Crippen LogP contribution >= 0.6 is 22.7 Å². The van der Waals surface area contributed by atoms with Crippen molar-refractivity contribution >= 4 is 49.0 Å². The Labute approximate surface area is 170 Å². The average molecular weight is 410 g/mol. The molecule has 28 heavy (non-hydrogen) atoms. The van der Waals surface area contributed by atoms with Gasteiger partial charge < -0.3 is 9.64 Å². The molecule has 1 fully saturated rings. The van der Waals surface area contributed by atoms with E-state index in [2.05, 4.69) is 17.1 Å². The van der Waals surface area contributed by atoms with Crippen LogP contribution < -0.4 is 0 Å². The summed E-state index contributed by atoms with van der Waals surface area (Å²) < 4.78 is 8.02. The Balaban J connectivity index is 1.24. The number of aromatic nitrogens is 2. The molecule has 3 heterocycles. The lowest BCUT2D eigenvalue weighted by Crippen LogP contribution is -2.33. The normalized spacial score (nSPS) is 17.0. The van der Waals surface area contributed by atoms with Gasteiger partial charge >= 0.3 is 0 Å². The van der Waals surface area contributed by atoms with Gasteiger partial charge in [-0.2, -0.15) is 0 Å². The second-order valence-corrected chi connectivity index (χ2v) is 9.01. The van der Waals surface area contributed by atoms with Gasteiger partial charge in [0.05, 0.1) is 33.1 Å². The molecule has 142 valence electrons. The zero-order chi connectivity index (χ0) is 18.9. The predicted molar refractivity (Wildman–Crippen MR) is 113 cm³/mol. The number of hydrogen-bond acceptors (Lipinski definition) is 6. The zero-order valence-corrected chi connectivity index (χ0v) is 16.8. The molecule has 5 rings (SSSR count). The van der Waals surface area contributed by atoms with Gasteiger partial charge in [-0.3, -0.25) is 4.79 Å². The minimum absolute atomic E-state index is 0.0304. The lowest BCUT2D eigenvalue weighted by molar-refractivity contribution is -0.137. The van der Waals surface area contributed by atoms with E-state index in [4.69, 9.17) is 9.72 Å². The molecule has 0 radical (unpaired) electrons. The molecule has 1 saturated heterocycles. The highest BCUT2D eigenvalue weighted by Gasteiger charge is 2.32. The number of nitrogens with zero attached hydrogens (tertiary/aromatic N) is 3. The Bertz CT molecular complexity index is 1070. The molecule has 0 bridgehead atoms. The number of thiazole rings is 2. The van der Waals surface area contributed by atoms with E-state index in [0.29, 0.717) is 6.61 Å². The Morgan fingerprint density at radius 3 is 2.50 bits per heavy atom. The summed E-state index contributed by atoms with van der Waals surface area (Å²) in [5, 5.41) is 1.93.